The number of carbonyl (C=O) groups excluding carboxylic acids is 1. The van der Waals surface area contributed by atoms with Crippen LogP contribution in [0.4, 0.5) is 4.79 Å². The molecule has 0 bridgehead atoms. The van der Waals surface area contributed by atoms with Gasteiger partial charge in [0.2, 0.25) is 0 Å². The summed E-state index contributed by atoms with van der Waals surface area (Å²) in [6.45, 7) is 8.83. The van der Waals surface area contributed by atoms with E-state index in [9.17, 15) is 4.79 Å². The Morgan fingerprint density at radius 2 is 2.05 bits per heavy atom. The molecule has 0 spiro atoms. The van der Waals surface area contributed by atoms with E-state index in [1.54, 1.807) is 7.11 Å². The maximum Gasteiger partial charge on any atom is 0.407 e. The number of benzene rings is 1. The number of nitrogens with one attached hydrogen (secondary N) is 2. The summed E-state index contributed by atoms with van der Waals surface area (Å²) < 4.78 is 11.3. The van der Waals surface area contributed by atoms with Crippen molar-refractivity contribution in [2.75, 3.05) is 13.7 Å². The average Bonchev–Trinajstić information content (AvgIpc) is 2.36. The van der Waals surface area contributed by atoms with E-state index in [0.717, 1.165) is 15.8 Å². The van der Waals surface area contributed by atoms with Crippen LogP contribution in [0.2, 0.25) is 0 Å². The van der Waals surface area contributed by atoms with Crippen LogP contribution in [-0.4, -0.2) is 31.4 Å². The number of methoxy groups -OCH3 is 1. The second-order valence-corrected chi connectivity index (χ2v) is 7.00. The van der Waals surface area contributed by atoms with Gasteiger partial charge in [-0.25, -0.2) is 4.79 Å². The Bertz CT molecular complexity index is 501. The molecule has 1 rings (SSSR count). The molecule has 0 fully saturated rings. The predicted octanol–water partition coefficient (Wildman–Crippen LogP) is 3.46. The Kier molecular flexibility index (Phi) is 7.16. The Morgan fingerprint density at radius 3 is 2.59 bits per heavy atom. The quantitative estimate of drug-likeness (QED) is 0.802. The second-order valence-electron chi connectivity index (χ2n) is 6.15. The van der Waals surface area contributed by atoms with Crippen molar-refractivity contribution in [2.24, 2.45) is 0 Å². The molecule has 22 heavy (non-hydrogen) atoms. The highest BCUT2D eigenvalue weighted by Gasteiger charge is 2.17. The van der Waals surface area contributed by atoms with Crippen LogP contribution in [0.3, 0.4) is 0 Å². The van der Waals surface area contributed by atoms with Crippen LogP contribution in [0.1, 0.15) is 33.3 Å². The van der Waals surface area contributed by atoms with Gasteiger partial charge in [-0.1, -0.05) is 6.07 Å². The summed E-state index contributed by atoms with van der Waals surface area (Å²) in [4.78, 5) is 11.6. The number of hydrogen-bond donors (Lipinski definition) is 2. The normalized spacial score (nSPS) is 12.6. The lowest BCUT2D eigenvalue weighted by Gasteiger charge is -2.22. The number of amides is 1. The largest absolute Gasteiger partial charge is 0.496 e. The van der Waals surface area contributed by atoms with Gasteiger partial charge in [-0.05, 0) is 61.3 Å². The standard InChI is InChI=1S/C16H25BrN2O3/c1-11(19-15(20)22-16(2,3)4)9-18-10-12-6-7-14(21-5)13(17)8-12/h6-8,11,18H,9-10H2,1-5H3,(H,19,20). The minimum Gasteiger partial charge on any atom is -0.496 e. The third kappa shape index (κ3) is 7.13. The monoisotopic (exact) mass is 372 g/mol. The smallest absolute Gasteiger partial charge is 0.407 e. The van der Waals surface area contributed by atoms with E-state index in [4.69, 9.17) is 9.47 Å². The van der Waals surface area contributed by atoms with Gasteiger partial charge in [0.15, 0.2) is 0 Å². The first-order valence-corrected chi connectivity index (χ1v) is 8.03. The topological polar surface area (TPSA) is 59.6 Å². The molecule has 0 aliphatic rings. The van der Waals surface area contributed by atoms with Crippen LogP contribution in [0.15, 0.2) is 22.7 Å². The van der Waals surface area contributed by atoms with Gasteiger partial charge in [0.05, 0.1) is 11.6 Å². The molecule has 124 valence electrons. The number of halogens is 1. The van der Waals surface area contributed by atoms with E-state index in [0.29, 0.717) is 13.1 Å². The first-order chi connectivity index (χ1) is 10.2. The van der Waals surface area contributed by atoms with Crippen LogP contribution in [0.5, 0.6) is 5.75 Å². The van der Waals surface area contributed by atoms with Crippen molar-refractivity contribution < 1.29 is 14.3 Å². The van der Waals surface area contributed by atoms with Gasteiger partial charge in [0.1, 0.15) is 11.4 Å². The molecule has 0 radical (unpaired) electrons. The molecule has 6 heteroatoms. The van der Waals surface area contributed by atoms with Crippen molar-refractivity contribution >= 4 is 22.0 Å². The molecule has 1 aromatic rings. The summed E-state index contributed by atoms with van der Waals surface area (Å²) in [6, 6.07) is 5.92. The number of ether oxygens (including phenoxy) is 2. The Balaban J connectivity index is 2.34. The lowest BCUT2D eigenvalue weighted by Crippen LogP contribution is -2.42. The van der Waals surface area contributed by atoms with Crippen molar-refractivity contribution in [3.63, 3.8) is 0 Å². The molecule has 0 saturated carbocycles. The van der Waals surface area contributed by atoms with Gasteiger partial charge in [-0.15, -0.1) is 0 Å². The van der Waals surface area contributed by atoms with Crippen molar-refractivity contribution in [3.8, 4) is 5.75 Å². The van der Waals surface area contributed by atoms with Crippen LogP contribution in [-0.2, 0) is 11.3 Å². The van der Waals surface area contributed by atoms with E-state index in [1.807, 2.05) is 45.9 Å². The molecule has 0 aliphatic heterocycles. The van der Waals surface area contributed by atoms with E-state index in [2.05, 4.69) is 26.6 Å². The molecule has 0 aliphatic carbocycles. The molecular weight excluding hydrogens is 348 g/mol. The second kappa shape index (κ2) is 8.39. The number of alkyl carbamates (subject to hydrolysis) is 1. The van der Waals surface area contributed by atoms with E-state index >= 15 is 0 Å². The van der Waals surface area contributed by atoms with Crippen molar-refractivity contribution in [2.45, 2.75) is 45.9 Å². The fraction of sp³-hybridized carbons (Fsp3) is 0.562. The van der Waals surface area contributed by atoms with Crippen LogP contribution >= 0.6 is 15.9 Å². The highest BCUT2D eigenvalue weighted by atomic mass is 79.9. The molecule has 1 atom stereocenters. The average molecular weight is 373 g/mol. The van der Waals surface area contributed by atoms with Crippen LogP contribution in [0.25, 0.3) is 0 Å². The third-order valence-corrected chi connectivity index (χ3v) is 3.38. The molecule has 1 amide bonds. The van der Waals surface area contributed by atoms with Crippen molar-refractivity contribution in [1.29, 1.82) is 0 Å². The van der Waals surface area contributed by atoms with Gasteiger partial charge in [0, 0.05) is 19.1 Å². The zero-order valence-electron chi connectivity index (χ0n) is 13.8. The molecule has 1 aromatic carbocycles. The number of rotatable bonds is 6. The summed E-state index contributed by atoms with van der Waals surface area (Å²) in [7, 11) is 1.64. The summed E-state index contributed by atoms with van der Waals surface area (Å²) in [5.41, 5.74) is 0.657. The number of carbonyl (C=O) groups is 1. The van der Waals surface area contributed by atoms with Gasteiger partial charge >= 0.3 is 6.09 Å². The molecule has 0 heterocycles. The fourth-order valence-corrected chi connectivity index (χ4v) is 2.40. The highest BCUT2D eigenvalue weighted by Crippen LogP contribution is 2.25. The third-order valence-electron chi connectivity index (χ3n) is 2.76. The molecule has 0 saturated heterocycles. The molecule has 1 unspecified atom stereocenters. The van der Waals surface area contributed by atoms with Gasteiger partial charge < -0.3 is 20.1 Å². The summed E-state index contributed by atoms with van der Waals surface area (Å²) in [5.74, 6) is 0.809. The maximum atomic E-state index is 11.6. The highest BCUT2D eigenvalue weighted by molar-refractivity contribution is 9.10. The Hall–Kier alpha value is -1.27. The van der Waals surface area contributed by atoms with Gasteiger partial charge in [-0.3, -0.25) is 0 Å². The minimum absolute atomic E-state index is 0.0171. The van der Waals surface area contributed by atoms with E-state index < -0.39 is 11.7 Å². The lowest BCUT2D eigenvalue weighted by molar-refractivity contribution is 0.0508. The Morgan fingerprint density at radius 1 is 1.36 bits per heavy atom. The zero-order valence-corrected chi connectivity index (χ0v) is 15.4. The first kappa shape index (κ1) is 18.8. The molecule has 2 N–H and O–H groups in total. The summed E-state index contributed by atoms with van der Waals surface area (Å²) in [5, 5.41) is 6.10. The molecule has 0 aromatic heterocycles. The zero-order chi connectivity index (χ0) is 16.8. The van der Waals surface area contributed by atoms with Crippen molar-refractivity contribution in [3.05, 3.63) is 28.2 Å². The van der Waals surface area contributed by atoms with Gasteiger partial charge in [-0.2, -0.15) is 0 Å². The predicted molar refractivity (Wildman–Crippen MR) is 91.2 cm³/mol. The van der Waals surface area contributed by atoms with E-state index in [1.165, 1.54) is 0 Å². The molecule has 5 nitrogen and oxygen atoms in total. The fourth-order valence-electron chi connectivity index (χ4n) is 1.81. The van der Waals surface area contributed by atoms with Gasteiger partial charge in [0.25, 0.3) is 0 Å². The minimum atomic E-state index is -0.480. The molecular formula is C16H25BrN2O3. The van der Waals surface area contributed by atoms with E-state index in [-0.39, 0.29) is 6.04 Å². The van der Waals surface area contributed by atoms with Crippen molar-refractivity contribution in [1.82, 2.24) is 10.6 Å². The SMILES string of the molecule is COc1ccc(CNCC(C)NC(=O)OC(C)(C)C)cc1Br. The first-order valence-electron chi connectivity index (χ1n) is 7.24. The lowest BCUT2D eigenvalue weighted by atomic mass is 10.2. The van der Waals surface area contributed by atoms with Crippen LogP contribution < -0.4 is 15.4 Å². The number of hydrogen-bond acceptors (Lipinski definition) is 4. The summed E-state index contributed by atoms with van der Waals surface area (Å²) >= 11 is 3.46. The Labute approximate surface area is 140 Å². The summed E-state index contributed by atoms with van der Waals surface area (Å²) in [6.07, 6.45) is -0.394. The van der Waals surface area contributed by atoms with Crippen LogP contribution in [0, 0.1) is 0 Å². The maximum absolute atomic E-state index is 11.6.